The molecule has 1 saturated carbocycles. The molecule has 2 rings (SSSR count). The van der Waals surface area contributed by atoms with Crippen LogP contribution in [0.25, 0.3) is 0 Å². The Hall–Kier alpha value is -0.0800. The molecule has 0 radical (unpaired) electrons. The molecule has 1 heterocycles. The van der Waals surface area contributed by atoms with Gasteiger partial charge in [-0.25, -0.2) is 0 Å². The third-order valence-electron chi connectivity index (χ3n) is 5.32. The van der Waals surface area contributed by atoms with E-state index in [0.29, 0.717) is 11.6 Å². The zero-order chi connectivity index (χ0) is 13.2. The van der Waals surface area contributed by atoms with Crippen LogP contribution in [0.2, 0.25) is 0 Å². The minimum atomic E-state index is 0.475. The van der Waals surface area contributed by atoms with Crippen LogP contribution in [0.1, 0.15) is 66.2 Å². The Morgan fingerprint density at radius 2 is 1.89 bits per heavy atom. The molecule has 2 unspecified atom stereocenters. The number of hydrogen-bond donors (Lipinski definition) is 1. The molecule has 0 bridgehead atoms. The minimum Gasteiger partial charge on any atom is -0.311 e. The van der Waals surface area contributed by atoms with Crippen molar-refractivity contribution in [1.29, 1.82) is 0 Å². The van der Waals surface area contributed by atoms with Crippen molar-refractivity contribution in [2.75, 3.05) is 13.1 Å². The molecule has 2 fully saturated rings. The standard InChI is InChI=1S/C16H32N2/c1-5-14-12-18(15(11-17-14)13(2)3)16(4)9-7-6-8-10-16/h13-15,17H,5-12H2,1-4H3. The molecular formula is C16H32N2. The van der Waals surface area contributed by atoms with Gasteiger partial charge in [0.25, 0.3) is 0 Å². The van der Waals surface area contributed by atoms with Crippen molar-refractivity contribution in [1.82, 2.24) is 10.2 Å². The molecule has 2 heteroatoms. The molecule has 0 amide bonds. The highest BCUT2D eigenvalue weighted by Crippen LogP contribution is 2.37. The molecule has 2 aliphatic rings. The Labute approximate surface area is 114 Å². The van der Waals surface area contributed by atoms with E-state index in [2.05, 4.69) is 37.9 Å². The van der Waals surface area contributed by atoms with Crippen LogP contribution in [0.4, 0.5) is 0 Å². The molecule has 2 nitrogen and oxygen atoms in total. The van der Waals surface area contributed by atoms with Gasteiger partial charge in [-0.3, -0.25) is 4.90 Å². The molecule has 1 aliphatic heterocycles. The first-order valence-corrected chi connectivity index (χ1v) is 8.07. The van der Waals surface area contributed by atoms with Gasteiger partial charge in [0.1, 0.15) is 0 Å². The number of nitrogens with zero attached hydrogens (tertiary/aromatic N) is 1. The average molecular weight is 252 g/mol. The van der Waals surface area contributed by atoms with Crippen molar-refractivity contribution in [2.45, 2.75) is 83.8 Å². The zero-order valence-electron chi connectivity index (χ0n) is 12.8. The highest BCUT2D eigenvalue weighted by molar-refractivity contribution is 4.98. The van der Waals surface area contributed by atoms with Crippen LogP contribution in [0, 0.1) is 5.92 Å². The van der Waals surface area contributed by atoms with E-state index in [1.54, 1.807) is 0 Å². The summed E-state index contributed by atoms with van der Waals surface area (Å²) >= 11 is 0. The van der Waals surface area contributed by atoms with E-state index in [-0.39, 0.29) is 0 Å². The maximum Gasteiger partial charge on any atom is 0.0249 e. The summed E-state index contributed by atoms with van der Waals surface area (Å²) in [6.07, 6.45) is 8.39. The van der Waals surface area contributed by atoms with Gasteiger partial charge in [0.2, 0.25) is 0 Å². The first-order valence-electron chi connectivity index (χ1n) is 8.07. The third-order valence-corrected chi connectivity index (χ3v) is 5.32. The van der Waals surface area contributed by atoms with E-state index in [0.717, 1.165) is 12.0 Å². The molecule has 1 saturated heterocycles. The average Bonchev–Trinajstić information content (AvgIpc) is 2.38. The lowest BCUT2D eigenvalue weighted by Crippen LogP contribution is -2.65. The van der Waals surface area contributed by atoms with Crippen LogP contribution >= 0.6 is 0 Å². The van der Waals surface area contributed by atoms with E-state index >= 15 is 0 Å². The summed E-state index contributed by atoms with van der Waals surface area (Å²) in [6, 6.07) is 1.44. The number of piperazine rings is 1. The van der Waals surface area contributed by atoms with Gasteiger partial charge in [0.05, 0.1) is 0 Å². The van der Waals surface area contributed by atoms with Crippen LogP contribution in [0.15, 0.2) is 0 Å². The summed E-state index contributed by atoms with van der Waals surface area (Å²) in [5.74, 6) is 0.758. The second-order valence-corrected chi connectivity index (χ2v) is 7.03. The topological polar surface area (TPSA) is 15.3 Å². The summed E-state index contributed by atoms with van der Waals surface area (Å²) in [4.78, 5) is 2.88. The molecule has 1 N–H and O–H groups in total. The smallest absolute Gasteiger partial charge is 0.0249 e. The Morgan fingerprint density at radius 1 is 1.22 bits per heavy atom. The minimum absolute atomic E-state index is 0.475. The first-order chi connectivity index (χ1) is 8.57. The monoisotopic (exact) mass is 252 g/mol. The summed E-state index contributed by atoms with van der Waals surface area (Å²) in [5.41, 5.74) is 0.475. The molecule has 106 valence electrons. The summed E-state index contributed by atoms with van der Waals surface area (Å²) in [6.45, 7) is 12.1. The first kappa shape index (κ1) is 14.3. The zero-order valence-corrected chi connectivity index (χ0v) is 12.8. The quantitative estimate of drug-likeness (QED) is 0.828. The Morgan fingerprint density at radius 3 is 2.44 bits per heavy atom. The fourth-order valence-corrected chi connectivity index (χ4v) is 3.93. The van der Waals surface area contributed by atoms with E-state index in [9.17, 15) is 0 Å². The van der Waals surface area contributed by atoms with Crippen LogP contribution in [-0.4, -0.2) is 35.6 Å². The normalized spacial score (nSPS) is 33.8. The second kappa shape index (κ2) is 5.92. The molecule has 0 aromatic heterocycles. The predicted molar refractivity (Wildman–Crippen MR) is 78.9 cm³/mol. The Balaban J connectivity index is 2.12. The molecule has 2 atom stereocenters. The van der Waals surface area contributed by atoms with Crippen LogP contribution in [0.5, 0.6) is 0 Å². The van der Waals surface area contributed by atoms with E-state index in [1.807, 2.05) is 0 Å². The fraction of sp³-hybridized carbons (Fsp3) is 1.00. The van der Waals surface area contributed by atoms with Crippen molar-refractivity contribution < 1.29 is 0 Å². The maximum absolute atomic E-state index is 3.74. The van der Waals surface area contributed by atoms with Crippen LogP contribution < -0.4 is 5.32 Å². The largest absolute Gasteiger partial charge is 0.311 e. The van der Waals surface area contributed by atoms with Gasteiger partial charge in [-0.05, 0) is 32.1 Å². The van der Waals surface area contributed by atoms with Crippen LogP contribution in [-0.2, 0) is 0 Å². The molecule has 0 aromatic carbocycles. The van der Waals surface area contributed by atoms with Crippen LogP contribution in [0.3, 0.4) is 0 Å². The van der Waals surface area contributed by atoms with E-state index in [4.69, 9.17) is 0 Å². The third kappa shape index (κ3) is 2.91. The maximum atomic E-state index is 3.74. The lowest BCUT2D eigenvalue weighted by molar-refractivity contribution is -0.0201. The van der Waals surface area contributed by atoms with Crippen molar-refractivity contribution in [3.63, 3.8) is 0 Å². The van der Waals surface area contributed by atoms with Gasteiger partial charge < -0.3 is 5.32 Å². The van der Waals surface area contributed by atoms with Crippen molar-refractivity contribution >= 4 is 0 Å². The summed E-state index contributed by atoms with van der Waals surface area (Å²) in [7, 11) is 0. The van der Waals surface area contributed by atoms with Crippen molar-refractivity contribution in [3.8, 4) is 0 Å². The number of rotatable bonds is 3. The van der Waals surface area contributed by atoms with Crippen molar-refractivity contribution in [2.24, 2.45) is 5.92 Å². The highest BCUT2D eigenvalue weighted by Gasteiger charge is 2.41. The molecule has 1 aliphatic carbocycles. The molecule has 0 aromatic rings. The molecule has 0 spiro atoms. The van der Waals surface area contributed by atoms with Gasteiger partial charge in [-0.15, -0.1) is 0 Å². The van der Waals surface area contributed by atoms with Gasteiger partial charge in [0, 0.05) is 30.7 Å². The van der Waals surface area contributed by atoms with Gasteiger partial charge in [-0.1, -0.05) is 40.0 Å². The Bertz CT molecular complexity index is 256. The molecular weight excluding hydrogens is 220 g/mol. The van der Waals surface area contributed by atoms with E-state index in [1.165, 1.54) is 51.6 Å². The van der Waals surface area contributed by atoms with Gasteiger partial charge in [-0.2, -0.15) is 0 Å². The highest BCUT2D eigenvalue weighted by atomic mass is 15.3. The Kier molecular flexibility index (Phi) is 4.71. The lowest BCUT2D eigenvalue weighted by Gasteiger charge is -2.53. The van der Waals surface area contributed by atoms with Gasteiger partial charge in [0.15, 0.2) is 0 Å². The predicted octanol–water partition coefficient (Wildman–Crippen LogP) is 3.42. The summed E-state index contributed by atoms with van der Waals surface area (Å²) < 4.78 is 0. The van der Waals surface area contributed by atoms with Crippen molar-refractivity contribution in [3.05, 3.63) is 0 Å². The second-order valence-electron chi connectivity index (χ2n) is 7.03. The lowest BCUT2D eigenvalue weighted by atomic mass is 9.79. The summed E-state index contributed by atoms with van der Waals surface area (Å²) in [5, 5.41) is 3.74. The number of nitrogens with one attached hydrogen (secondary N) is 1. The SMILES string of the molecule is CCC1CN(C2(C)CCCCC2)C(C(C)C)CN1. The number of hydrogen-bond acceptors (Lipinski definition) is 2. The van der Waals surface area contributed by atoms with Gasteiger partial charge >= 0.3 is 0 Å². The van der Waals surface area contributed by atoms with E-state index < -0.39 is 0 Å². The fourth-order valence-electron chi connectivity index (χ4n) is 3.93. The molecule has 18 heavy (non-hydrogen) atoms.